The lowest BCUT2D eigenvalue weighted by Crippen LogP contribution is -2.02. The van der Waals surface area contributed by atoms with Gasteiger partial charge in [-0.3, -0.25) is 9.36 Å². The van der Waals surface area contributed by atoms with Crippen molar-refractivity contribution in [3.63, 3.8) is 0 Å². The van der Waals surface area contributed by atoms with Crippen LogP contribution in [0.15, 0.2) is 66.7 Å². The number of para-hydroxylation sites is 1. The molecule has 90 valence electrons. The minimum Gasteiger partial charge on any atom is -0.276 e. The number of allylic oxidation sites excluding steroid dienone is 1. The molecule has 0 amide bonds. The summed E-state index contributed by atoms with van der Waals surface area (Å²) in [6, 6.07) is 20.1. The monoisotopic (exact) mass is 245 g/mol. The second kappa shape index (κ2) is 3.69. The highest BCUT2D eigenvalue weighted by Crippen LogP contribution is 2.33. The lowest BCUT2D eigenvalue weighted by Gasteiger charge is -2.02. The van der Waals surface area contributed by atoms with Crippen molar-refractivity contribution in [1.29, 1.82) is 0 Å². The first kappa shape index (κ1) is 10.3. The van der Waals surface area contributed by atoms with Crippen molar-refractivity contribution in [2.24, 2.45) is 0 Å². The molecule has 0 bridgehead atoms. The molecule has 0 fully saturated rings. The SMILES string of the molecule is O=C1C=C(c2ccccc2)c2cc3ccccc3n21. The fraction of sp³-hybridized carbons (Fsp3) is 0. The van der Waals surface area contributed by atoms with Crippen LogP contribution in [0.5, 0.6) is 0 Å². The van der Waals surface area contributed by atoms with Crippen molar-refractivity contribution < 1.29 is 4.79 Å². The van der Waals surface area contributed by atoms with Gasteiger partial charge < -0.3 is 0 Å². The predicted octanol–water partition coefficient (Wildman–Crippen LogP) is 3.73. The van der Waals surface area contributed by atoms with Crippen molar-refractivity contribution >= 4 is 22.4 Å². The van der Waals surface area contributed by atoms with Gasteiger partial charge in [0, 0.05) is 17.0 Å². The second-order valence-electron chi connectivity index (χ2n) is 4.69. The van der Waals surface area contributed by atoms with Gasteiger partial charge in [0.2, 0.25) is 0 Å². The molecule has 0 N–H and O–H groups in total. The molecule has 2 heterocycles. The van der Waals surface area contributed by atoms with Gasteiger partial charge in [-0.25, -0.2) is 0 Å². The summed E-state index contributed by atoms with van der Waals surface area (Å²) in [7, 11) is 0. The van der Waals surface area contributed by atoms with E-state index in [1.807, 2.05) is 54.6 Å². The summed E-state index contributed by atoms with van der Waals surface area (Å²) in [5.41, 5.74) is 4.04. The van der Waals surface area contributed by atoms with Crippen LogP contribution >= 0.6 is 0 Å². The van der Waals surface area contributed by atoms with E-state index in [4.69, 9.17) is 0 Å². The number of rotatable bonds is 1. The van der Waals surface area contributed by atoms with Crippen LogP contribution in [0.25, 0.3) is 16.5 Å². The highest BCUT2D eigenvalue weighted by atomic mass is 16.2. The van der Waals surface area contributed by atoms with Crippen molar-refractivity contribution in [2.45, 2.75) is 0 Å². The first-order valence-corrected chi connectivity index (χ1v) is 6.27. The van der Waals surface area contributed by atoms with Crippen molar-refractivity contribution in [2.75, 3.05) is 0 Å². The second-order valence-corrected chi connectivity index (χ2v) is 4.69. The van der Waals surface area contributed by atoms with Crippen LogP contribution in [0.3, 0.4) is 0 Å². The highest BCUT2D eigenvalue weighted by molar-refractivity contribution is 6.12. The summed E-state index contributed by atoms with van der Waals surface area (Å²) in [6.45, 7) is 0. The smallest absolute Gasteiger partial charge is 0.256 e. The Labute approximate surface area is 110 Å². The third-order valence-corrected chi connectivity index (χ3v) is 3.56. The zero-order chi connectivity index (χ0) is 12.8. The van der Waals surface area contributed by atoms with E-state index in [1.165, 1.54) is 0 Å². The molecular weight excluding hydrogens is 234 g/mol. The molecule has 0 radical (unpaired) electrons. The molecule has 3 aromatic rings. The zero-order valence-electron chi connectivity index (χ0n) is 10.2. The molecule has 2 aromatic carbocycles. The third kappa shape index (κ3) is 1.40. The largest absolute Gasteiger partial charge is 0.276 e. The average Bonchev–Trinajstić information content (AvgIpc) is 2.98. The van der Waals surface area contributed by atoms with Gasteiger partial charge in [0.05, 0.1) is 11.2 Å². The molecule has 0 saturated heterocycles. The van der Waals surface area contributed by atoms with E-state index in [9.17, 15) is 4.79 Å². The first-order valence-electron chi connectivity index (χ1n) is 6.27. The van der Waals surface area contributed by atoms with Crippen LogP contribution < -0.4 is 0 Å². The number of aromatic nitrogens is 1. The Hall–Kier alpha value is -2.61. The summed E-state index contributed by atoms with van der Waals surface area (Å²) >= 11 is 0. The summed E-state index contributed by atoms with van der Waals surface area (Å²) in [5.74, 6) is 0.0371. The van der Waals surface area contributed by atoms with Gasteiger partial charge in [0.25, 0.3) is 5.91 Å². The Kier molecular flexibility index (Phi) is 2.00. The van der Waals surface area contributed by atoms with Crippen molar-refractivity contribution in [3.05, 3.63) is 78.0 Å². The van der Waals surface area contributed by atoms with Gasteiger partial charge in [-0.15, -0.1) is 0 Å². The van der Waals surface area contributed by atoms with Gasteiger partial charge in [-0.2, -0.15) is 0 Å². The molecule has 2 heteroatoms. The fourth-order valence-electron chi connectivity index (χ4n) is 2.70. The molecule has 2 nitrogen and oxygen atoms in total. The van der Waals surface area contributed by atoms with Gasteiger partial charge in [-0.1, -0.05) is 48.5 Å². The predicted molar refractivity (Wildman–Crippen MR) is 76.1 cm³/mol. The van der Waals surface area contributed by atoms with Crippen molar-refractivity contribution in [3.8, 4) is 0 Å². The van der Waals surface area contributed by atoms with E-state index in [-0.39, 0.29) is 5.91 Å². The Morgan fingerprint density at radius 1 is 0.842 bits per heavy atom. The quantitative estimate of drug-likeness (QED) is 0.640. The minimum atomic E-state index is 0.0371. The van der Waals surface area contributed by atoms with E-state index < -0.39 is 0 Å². The molecule has 0 atom stereocenters. The number of carbonyl (C=O) groups is 1. The van der Waals surface area contributed by atoms with E-state index >= 15 is 0 Å². The van der Waals surface area contributed by atoms with Crippen molar-refractivity contribution in [1.82, 2.24) is 4.57 Å². The third-order valence-electron chi connectivity index (χ3n) is 3.56. The Bertz CT molecular complexity index is 825. The Morgan fingerprint density at radius 3 is 2.42 bits per heavy atom. The normalized spacial score (nSPS) is 13.7. The molecule has 1 aliphatic heterocycles. The maximum Gasteiger partial charge on any atom is 0.256 e. The average molecular weight is 245 g/mol. The van der Waals surface area contributed by atoms with Gasteiger partial charge >= 0.3 is 0 Å². The molecule has 4 rings (SSSR count). The molecule has 0 spiro atoms. The van der Waals surface area contributed by atoms with Crippen LogP contribution in [-0.4, -0.2) is 10.5 Å². The van der Waals surface area contributed by atoms with Crippen LogP contribution in [-0.2, 0) is 0 Å². The van der Waals surface area contributed by atoms with E-state index in [1.54, 1.807) is 10.6 Å². The van der Waals surface area contributed by atoms with E-state index in [0.717, 1.165) is 27.7 Å². The molecule has 19 heavy (non-hydrogen) atoms. The van der Waals surface area contributed by atoms with Gasteiger partial charge in [0.15, 0.2) is 0 Å². The summed E-state index contributed by atoms with van der Waals surface area (Å²) in [4.78, 5) is 12.2. The molecule has 0 unspecified atom stereocenters. The molecule has 1 aliphatic rings. The van der Waals surface area contributed by atoms with Crippen LogP contribution in [0, 0.1) is 0 Å². The fourth-order valence-corrected chi connectivity index (χ4v) is 2.70. The summed E-state index contributed by atoms with van der Waals surface area (Å²) < 4.78 is 1.79. The summed E-state index contributed by atoms with van der Waals surface area (Å²) in [5, 5.41) is 1.10. The Balaban J connectivity index is 2.01. The zero-order valence-corrected chi connectivity index (χ0v) is 10.2. The standard InChI is InChI=1S/C17H11NO/c19-17-11-14(12-6-2-1-3-7-12)16-10-13-8-4-5-9-15(13)18(16)17/h1-11H. The minimum absolute atomic E-state index is 0.0371. The van der Waals surface area contributed by atoms with E-state index in [2.05, 4.69) is 6.07 Å². The van der Waals surface area contributed by atoms with E-state index in [0.29, 0.717) is 0 Å². The van der Waals surface area contributed by atoms with Crippen LogP contribution in [0.1, 0.15) is 16.1 Å². The number of carbonyl (C=O) groups excluding carboxylic acids is 1. The number of fused-ring (bicyclic) bond motifs is 3. The molecule has 0 saturated carbocycles. The Morgan fingerprint density at radius 2 is 1.58 bits per heavy atom. The molecule has 0 aliphatic carbocycles. The van der Waals surface area contributed by atoms with Crippen LogP contribution in [0.2, 0.25) is 0 Å². The van der Waals surface area contributed by atoms with Crippen LogP contribution in [0.4, 0.5) is 0 Å². The number of hydrogen-bond acceptors (Lipinski definition) is 1. The highest BCUT2D eigenvalue weighted by Gasteiger charge is 2.23. The lowest BCUT2D eigenvalue weighted by atomic mass is 10.0. The summed E-state index contributed by atoms with van der Waals surface area (Å²) in [6.07, 6.45) is 1.72. The lowest BCUT2D eigenvalue weighted by molar-refractivity contribution is 0.0979. The molecular formula is C17H11NO. The number of benzene rings is 2. The number of hydrogen-bond donors (Lipinski definition) is 0. The maximum atomic E-state index is 12.2. The molecule has 1 aromatic heterocycles. The number of nitrogens with zero attached hydrogens (tertiary/aromatic N) is 1. The first-order chi connectivity index (χ1) is 9.34. The maximum absolute atomic E-state index is 12.2. The van der Waals surface area contributed by atoms with Gasteiger partial charge in [-0.05, 0) is 17.7 Å². The van der Waals surface area contributed by atoms with Gasteiger partial charge in [0.1, 0.15) is 0 Å². The topological polar surface area (TPSA) is 22.0 Å².